The van der Waals surface area contributed by atoms with E-state index in [1.807, 2.05) is 0 Å². The summed E-state index contributed by atoms with van der Waals surface area (Å²) in [5, 5.41) is 5.77. The molecule has 0 spiro atoms. The van der Waals surface area contributed by atoms with Crippen LogP contribution < -0.4 is 11.1 Å². The summed E-state index contributed by atoms with van der Waals surface area (Å²) >= 11 is 1.78. The minimum atomic E-state index is 0.148. The predicted octanol–water partition coefficient (Wildman–Crippen LogP) is 8.62. The number of aryl methyl sites for hydroxylation is 1. The molecule has 0 amide bonds. The van der Waals surface area contributed by atoms with Gasteiger partial charge in [0.25, 0.3) is 0 Å². The van der Waals surface area contributed by atoms with Gasteiger partial charge in [0.2, 0.25) is 0 Å². The Bertz CT molecular complexity index is 1210. The fourth-order valence-electron chi connectivity index (χ4n) is 7.70. The largest absolute Gasteiger partial charge is 0.354 e. The van der Waals surface area contributed by atoms with Crippen molar-refractivity contribution in [2.45, 2.75) is 70.1 Å². The van der Waals surface area contributed by atoms with Gasteiger partial charge in [-0.15, -0.1) is 11.3 Å². The highest BCUT2D eigenvalue weighted by molar-refractivity contribution is 7.11. The molecule has 6 rings (SSSR count). The van der Waals surface area contributed by atoms with Gasteiger partial charge in [0.1, 0.15) is 0 Å². The van der Waals surface area contributed by atoms with Crippen molar-refractivity contribution in [2.24, 2.45) is 17.6 Å². The second-order valence-corrected chi connectivity index (χ2v) is 11.8. The van der Waals surface area contributed by atoms with Gasteiger partial charge in [0.05, 0.1) is 4.88 Å². The van der Waals surface area contributed by atoms with Crippen molar-refractivity contribution in [3.8, 4) is 22.3 Å². The molecule has 0 radical (unpaired) electrons. The van der Waals surface area contributed by atoms with E-state index < -0.39 is 0 Å². The summed E-state index contributed by atoms with van der Waals surface area (Å²) in [6, 6.07) is 16.5. The average molecular weight is 483 g/mol. The number of hydrogen-bond acceptors (Lipinski definition) is 3. The molecule has 2 fully saturated rings. The molecular weight excluding hydrogens is 444 g/mol. The number of hydrogen-bond donors (Lipinski definition) is 2. The number of anilines is 1. The number of nitrogens with two attached hydrogens (primary N) is 1. The summed E-state index contributed by atoms with van der Waals surface area (Å²) in [5.74, 6) is 1.47. The fourth-order valence-corrected chi connectivity index (χ4v) is 8.53. The van der Waals surface area contributed by atoms with Gasteiger partial charge in [0, 0.05) is 34.5 Å². The smallest absolute Gasteiger partial charge is 0.0578 e. The summed E-state index contributed by atoms with van der Waals surface area (Å²) in [6.45, 7) is 7.33. The Morgan fingerprint density at radius 2 is 1.57 bits per heavy atom. The molecule has 0 unspecified atom stereocenters. The second kappa shape index (κ2) is 9.26. The van der Waals surface area contributed by atoms with Crippen LogP contribution in [0.1, 0.15) is 74.3 Å². The lowest BCUT2D eigenvalue weighted by Gasteiger charge is -2.44. The zero-order chi connectivity index (χ0) is 24.0. The van der Waals surface area contributed by atoms with Crippen LogP contribution in [0.15, 0.2) is 54.4 Å². The van der Waals surface area contributed by atoms with Gasteiger partial charge in [-0.1, -0.05) is 69.5 Å². The lowest BCUT2D eigenvalue weighted by atomic mass is 9.61. The molecule has 3 N–H and O–H groups in total. The molecule has 2 heterocycles. The van der Waals surface area contributed by atoms with Crippen LogP contribution in [0, 0.1) is 11.8 Å². The van der Waals surface area contributed by atoms with E-state index in [0.717, 1.165) is 30.5 Å². The first kappa shape index (κ1) is 23.1. The van der Waals surface area contributed by atoms with Gasteiger partial charge in [-0.25, -0.2) is 0 Å². The van der Waals surface area contributed by atoms with Gasteiger partial charge >= 0.3 is 0 Å². The molecule has 0 bridgehead atoms. The lowest BCUT2D eigenvalue weighted by Crippen LogP contribution is -2.47. The Hall–Kier alpha value is -2.36. The zero-order valence-electron chi connectivity index (χ0n) is 21.0. The van der Waals surface area contributed by atoms with Crippen LogP contribution in [0.2, 0.25) is 0 Å². The Kier molecular flexibility index (Phi) is 6.10. The monoisotopic (exact) mass is 482 g/mol. The summed E-state index contributed by atoms with van der Waals surface area (Å²) < 4.78 is 0. The van der Waals surface area contributed by atoms with Gasteiger partial charge in [0.15, 0.2) is 0 Å². The molecule has 2 nitrogen and oxygen atoms in total. The first-order valence-electron chi connectivity index (χ1n) is 13.7. The van der Waals surface area contributed by atoms with E-state index in [4.69, 9.17) is 5.73 Å². The molecule has 1 aliphatic heterocycles. The number of fused-ring (bicyclic) bond motifs is 3. The third kappa shape index (κ3) is 3.62. The van der Waals surface area contributed by atoms with Gasteiger partial charge in [-0.3, -0.25) is 0 Å². The van der Waals surface area contributed by atoms with Crippen LogP contribution >= 0.6 is 11.3 Å². The van der Waals surface area contributed by atoms with Crippen molar-refractivity contribution < 1.29 is 0 Å². The van der Waals surface area contributed by atoms with Crippen molar-refractivity contribution in [2.75, 3.05) is 11.9 Å². The van der Waals surface area contributed by atoms with E-state index in [2.05, 4.69) is 66.7 Å². The summed E-state index contributed by atoms with van der Waals surface area (Å²) in [4.78, 5) is 1.26. The normalized spacial score (nSPS) is 18.5. The highest BCUT2D eigenvalue weighted by atomic mass is 32.1. The third-order valence-electron chi connectivity index (χ3n) is 9.38. The molecule has 1 aromatic heterocycles. The van der Waals surface area contributed by atoms with E-state index >= 15 is 0 Å². The topological polar surface area (TPSA) is 38.0 Å². The van der Waals surface area contributed by atoms with E-state index in [0.29, 0.717) is 0 Å². The summed E-state index contributed by atoms with van der Waals surface area (Å²) in [6.07, 6.45) is 11.9. The summed E-state index contributed by atoms with van der Waals surface area (Å²) in [7, 11) is 0. The maximum atomic E-state index is 6.72. The molecule has 0 atom stereocenters. The maximum absolute atomic E-state index is 6.72. The Morgan fingerprint density at radius 3 is 2.17 bits per heavy atom. The zero-order valence-corrected chi connectivity index (χ0v) is 21.9. The van der Waals surface area contributed by atoms with Crippen molar-refractivity contribution in [1.82, 2.24) is 0 Å². The van der Waals surface area contributed by atoms with Crippen molar-refractivity contribution >= 4 is 22.7 Å². The van der Waals surface area contributed by atoms with Crippen molar-refractivity contribution in [3.63, 3.8) is 0 Å². The van der Waals surface area contributed by atoms with Crippen molar-refractivity contribution in [3.05, 3.63) is 70.4 Å². The highest BCUT2D eigenvalue weighted by Gasteiger charge is 2.47. The van der Waals surface area contributed by atoms with Crippen LogP contribution in [-0.2, 0) is 11.8 Å². The molecule has 0 saturated heterocycles. The molecule has 2 aliphatic carbocycles. The molecule has 2 saturated carbocycles. The van der Waals surface area contributed by atoms with E-state index in [1.54, 1.807) is 11.3 Å². The number of rotatable bonds is 6. The molecule has 35 heavy (non-hydrogen) atoms. The lowest BCUT2D eigenvalue weighted by molar-refractivity contribution is 0.178. The third-order valence-corrected chi connectivity index (χ3v) is 10.4. The molecular formula is C32H38N2S. The van der Waals surface area contributed by atoms with E-state index in [9.17, 15) is 0 Å². The SMILES string of the molecule is C=C1Nc2ccc(CC)c(-c3ccc(C(CN)(C4CCCC4)C4CCCC4)cc3)c2-c2ccsc21. The predicted molar refractivity (Wildman–Crippen MR) is 152 cm³/mol. The number of thiophene rings is 1. The average Bonchev–Trinajstić information content (AvgIpc) is 3.68. The van der Waals surface area contributed by atoms with Crippen molar-refractivity contribution in [1.29, 1.82) is 0 Å². The highest BCUT2D eigenvalue weighted by Crippen LogP contribution is 2.53. The first-order chi connectivity index (χ1) is 17.2. The minimum Gasteiger partial charge on any atom is -0.354 e. The minimum absolute atomic E-state index is 0.148. The van der Waals surface area contributed by atoms with Gasteiger partial charge < -0.3 is 11.1 Å². The van der Waals surface area contributed by atoms with Gasteiger partial charge in [-0.05, 0) is 83.7 Å². The van der Waals surface area contributed by atoms with Crippen LogP contribution in [0.4, 0.5) is 5.69 Å². The number of nitrogens with one attached hydrogen (secondary N) is 1. The van der Waals surface area contributed by atoms with Crippen LogP contribution in [-0.4, -0.2) is 6.54 Å². The molecule has 2 aromatic carbocycles. The number of benzene rings is 2. The fraction of sp³-hybridized carbons (Fsp3) is 0.438. The van der Waals surface area contributed by atoms with Crippen LogP contribution in [0.25, 0.3) is 28.0 Å². The molecule has 3 heteroatoms. The van der Waals surface area contributed by atoms with Crippen LogP contribution in [0.5, 0.6) is 0 Å². The van der Waals surface area contributed by atoms with E-state index in [-0.39, 0.29) is 5.41 Å². The standard InChI is InChI=1S/C32H38N2S/c1-3-22-14-17-28-30(27-18-19-35-31(27)21(2)34-28)29(22)23-12-15-26(16-13-23)32(20-33,24-8-4-5-9-24)25-10-6-7-11-25/h12-19,24-25,34H,2-11,20,33H2,1H3. The van der Waals surface area contributed by atoms with Crippen LogP contribution in [0.3, 0.4) is 0 Å². The second-order valence-electron chi connectivity index (χ2n) is 10.9. The maximum Gasteiger partial charge on any atom is 0.0578 e. The van der Waals surface area contributed by atoms with Gasteiger partial charge in [-0.2, -0.15) is 0 Å². The Labute approximate surface area is 214 Å². The molecule has 182 valence electrons. The first-order valence-corrected chi connectivity index (χ1v) is 14.6. The molecule has 3 aliphatic rings. The van der Waals surface area contributed by atoms with E-state index in [1.165, 1.54) is 95.3 Å². The summed E-state index contributed by atoms with van der Waals surface area (Å²) in [5.41, 5.74) is 17.3. The Balaban J connectivity index is 1.47. The molecule has 3 aromatic rings. The quantitative estimate of drug-likeness (QED) is 0.369. The Morgan fingerprint density at radius 1 is 0.914 bits per heavy atom.